The molecule has 2 fully saturated rings. The van der Waals surface area contributed by atoms with Crippen LogP contribution in [-0.2, 0) is 9.59 Å². The SMILES string of the molecule is O=C(CN1CCCCCC1)NC1CC(=O)N(c2ccccc2Cl)C1. The van der Waals surface area contributed by atoms with Crippen LogP contribution in [0.4, 0.5) is 5.69 Å². The van der Waals surface area contributed by atoms with Crippen LogP contribution in [0, 0.1) is 0 Å². The van der Waals surface area contributed by atoms with Crippen LogP contribution in [0.15, 0.2) is 24.3 Å². The Labute approximate surface area is 147 Å². The molecule has 1 aromatic carbocycles. The van der Waals surface area contributed by atoms with Gasteiger partial charge in [-0.25, -0.2) is 0 Å². The Morgan fingerprint density at radius 1 is 1.17 bits per heavy atom. The molecular formula is C18H24ClN3O2. The fourth-order valence-corrected chi connectivity index (χ4v) is 3.72. The Kier molecular flexibility index (Phi) is 5.74. The number of amides is 2. The monoisotopic (exact) mass is 349 g/mol. The minimum Gasteiger partial charge on any atom is -0.350 e. The average Bonchev–Trinajstić information content (AvgIpc) is 2.74. The topological polar surface area (TPSA) is 52.7 Å². The van der Waals surface area contributed by atoms with Crippen LogP contribution in [0.25, 0.3) is 0 Å². The largest absolute Gasteiger partial charge is 0.350 e. The Morgan fingerprint density at radius 2 is 1.88 bits per heavy atom. The molecule has 1 atom stereocenters. The first-order valence-corrected chi connectivity index (χ1v) is 9.08. The highest BCUT2D eigenvalue weighted by Gasteiger charge is 2.32. The van der Waals surface area contributed by atoms with Gasteiger partial charge in [-0.1, -0.05) is 36.6 Å². The van der Waals surface area contributed by atoms with Crippen molar-refractivity contribution in [3.05, 3.63) is 29.3 Å². The van der Waals surface area contributed by atoms with E-state index < -0.39 is 0 Å². The van der Waals surface area contributed by atoms with E-state index in [1.807, 2.05) is 18.2 Å². The lowest BCUT2D eigenvalue weighted by molar-refractivity contribution is -0.122. The number of hydrogen-bond acceptors (Lipinski definition) is 3. The maximum absolute atomic E-state index is 12.3. The second-order valence-corrected chi connectivity index (χ2v) is 7.02. The lowest BCUT2D eigenvalue weighted by atomic mass is 10.2. The summed E-state index contributed by atoms with van der Waals surface area (Å²) in [7, 11) is 0. The number of para-hydroxylation sites is 1. The molecule has 1 aromatic rings. The van der Waals surface area contributed by atoms with Crippen LogP contribution >= 0.6 is 11.6 Å². The van der Waals surface area contributed by atoms with Crippen molar-refractivity contribution in [2.45, 2.75) is 38.1 Å². The quantitative estimate of drug-likeness (QED) is 0.908. The number of nitrogens with one attached hydrogen (secondary N) is 1. The molecule has 3 rings (SSSR count). The lowest BCUT2D eigenvalue weighted by Crippen LogP contribution is -2.43. The second-order valence-electron chi connectivity index (χ2n) is 6.61. The third-order valence-corrected chi connectivity index (χ3v) is 5.02. The fourth-order valence-electron chi connectivity index (χ4n) is 3.48. The van der Waals surface area contributed by atoms with Gasteiger partial charge in [0, 0.05) is 13.0 Å². The van der Waals surface area contributed by atoms with Crippen molar-refractivity contribution in [2.24, 2.45) is 0 Å². The molecule has 5 nitrogen and oxygen atoms in total. The zero-order chi connectivity index (χ0) is 16.9. The average molecular weight is 350 g/mol. The predicted molar refractivity (Wildman–Crippen MR) is 95.3 cm³/mol. The van der Waals surface area contributed by atoms with Gasteiger partial charge >= 0.3 is 0 Å². The summed E-state index contributed by atoms with van der Waals surface area (Å²) in [6.07, 6.45) is 5.16. The Bertz CT molecular complexity index is 600. The molecule has 2 saturated heterocycles. The van der Waals surface area contributed by atoms with Crippen LogP contribution < -0.4 is 10.2 Å². The van der Waals surface area contributed by atoms with Crippen LogP contribution in [0.3, 0.4) is 0 Å². The molecule has 2 aliphatic heterocycles. The zero-order valence-electron chi connectivity index (χ0n) is 13.8. The first kappa shape index (κ1) is 17.2. The van der Waals surface area contributed by atoms with Gasteiger partial charge in [0.2, 0.25) is 11.8 Å². The van der Waals surface area contributed by atoms with Crippen molar-refractivity contribution >= 4 is 29.1 Å². The number of likely N-dealkylation sites (tertiary alicyclic amines) is 1. The summed E-state index contributed by atoms with van der Waals surface area (Å²) in [5.41, 5.74) is 0.716. The highest BCUT2D eigenvalue weighted by Crippen LogP contribution is 2.28. The number of carbonyl (C=O) groups is 2. The summed E-state index contributed by atoms with van der Waals surface area (Å²) >= 11 is 6.18. The normalized spacial score (nSPS) is 22.5. The van der Waals surface area contributed by atoms with Crippen molar-refractivity contribution < 1.29 is 9.59 Å². The van der Waals surface area contributed by atoms with Gasteiger partial charge in [-0.15, -0.1) is 0 Å². The Balaban J connectivity index is 1.54. The number of hydrogen-bond donors (Lipinski definition) is 1. The van der Waals surface area contributed by atoms with Gasteiger partial charge in [0.15, 0.2) is 0 Å². The number of rotatable bonds is 4. The Morgan fingerprint density at radius 3 is 2.58 bits per heavy atom. The molecule has 0 radical (unpaired) electrons. The third kappa shape index (κ3) is 4.28. The van der Waals surface area contributed by atoms with Gasteiger partial charge in [0.25, 0.3) is 0 Å². The highest BCUT2D eigenvalue weighted by molar-refractivity contribution is 6.33. The van der Waals surface area contributed by atoms with Gasteiger partial charge in [-0.05, 0) is 38.1 Å². The second kappa shape index (κ2) is 7.99. The van der Waals surface area contributed by atoms with Gasteiger partial charge in [-0.2, -0.15) is 0 Å². The van der Waals surface area contributed by atoms with Crippen LogP contribution in [0.5, 0.6) is 0 Å². The number of halogens is 1. The molecule has 1 N–H and O–H groups in total. The van der Waals surface area contributed by atoms with Gasteiger partial charge in [0.1, 0.15) is 0 Å². The van der Waals surface area contributed by atoms with Crippen LogP contribution in [0.2, 0.25) is 5.02 Å². The first-order valence-electron chi connectivity index (χ1n) is 8.70. The van der Waals surface area contributed by atoms with E-state index in [0.29, 0.717) is 30.2 Å². The smallest absolute Gasteiger partial charge is 0.234 e. The first-order chi connectivity index (χ1) is 11.6. The van der Waals surface area contributed by atoms with Crippen molar-refractivity contribution in [1.82, 2.24) is 10.2 Å². The third-order valence-electron chi connectivity index (χ3n) is 4.70. The Hall–Kier alpha value is -1.59. The molecule has 0 bridgehead atoms. The maximum Gasteiger partial charge on any atom is 0.234 e. The molecule has 6 heteroatoms. The van der Waals surface area contributed by atoms with Gasteiger partial charge in [0.05, 0.1) is 23.3 Å². The molecule has 2 aliphatic rings. The summed E-state index contributed by atoms with van der Waals surface area (Å²) in [6, 6.07) is 7.16. The van der Waals surface area contributed by atoms with Crippen molar-refractivity contribution in [3.63, 3.8) is 0 Å². The number of carbonyl (C=O) groups excluding carboxylic acids is 2. The number of anilines is 1. The summed E-state index contributed by atoms with van der Waals surface area (Å²) in [5, 5.41) is 3.57. The van der Waals surface area contributed by atoms with Crippen LogP contribution in [-0.4, -0.2) is 48.9 Å². The van der Waals surface area contributed by atoms with E-state index in [1.165, 1.54) is 12.8 Å². The minimum atomic E-state index is -0.145. The fraction of sp³-hybridized carbons (Fsp3) is 0.556. The van der Waals surface area contributed by atoms with Gasteiger partial charge in [-0.3, -0.25) is 14.5 Å². The summed E-state index contributed by atoms with van der Waals surface area (Å²) in [4.78, 5) is 28.4. The van der Waals surface area contributed by atoms with Crippen LogP contribution in [0.1, 0.15) is 32.1 Å². The zero-order valence-corrected chi connectivity index (χ0v) is 14.6. The van der Waals surface area contributed by atoms with E-state index in [9.17, 15) is 9.59 Å². The molecule has 0 aromatic heterocycles. The van der Waals surface area contributed by atoms with E-state index in [2.05, 4.69) is 10.2 Å². The summed E-state index contributed by atoms with van der Waals surface area (Å²) < 4.78 is 0. The van der Waals surface area contributed by atoms with E-state index >= 15 is 0 Å². The minimum absolute atomic E-state index is 0.00294. The standard InChI is InChI=1S/C18H24ClN3O2/c19-15-7-3-4-8-16(15)22-12-14(11-18(22)24)20-17(23)13-21-9-5-1-2-6-10-21/h3-4,7-8,14H,1-2,5-6,9-13H2,(H,20,23). The van der Waals surface area contributed by atoms with Crippen molar-refractivity contribution in [3.8, 4) is 0 Å². The maximum atomic E-state index is 12.3. The molecule has 24 heavy (non-hydrogen) atoms. The molecule has 0 saturated carbocycles. The predicted octanol–water partition coefficient (Wildman–Crippen LogP) is 2.44. The number of nitrogens with zero attached hydrogens (tertiary/aromatic N) is 2. The molecule has 0 spiro atoms. The van der Waals surface area contributed by atoms with E-state index in [-0.39, 0.29) is 17.9 Å². The van der Waals surface area contributed by atoms with E-state index in [1.54, 1.807) is 11.0 Å². The summed E-state index contributed by atoms with van der Waals surface area (Å²) in [6.45, 7) is 2.89. The lowest BCUT2D eigenvalue weighted by Gasteiger charge is -2.21. The van der Waals surface area contributed by atoms with Gasteiger partial charge < -0.3 is 10.2 Å². The highest BCUT2D eigenvalue weighted by atomic mass is 35.5. The number of benzene rings is 1. The molecular weight excluding hydrogens is 326 g/mol. The van der Waals surface area contributed by atoms with E-state index in [0.717, 1.165) is 25.9 Å². The molecule has 1 unspecified atom stereocenters. The summed E-state index contributed by atoms with van der Waals surface area (Å²) in [5.74, 6) is 0.0129. The molecule has 0 aliphatic carbocycles. The molecule has 2 amide bonds. The molecule has 130 valence electrons. The van der Waals surface area contributed by atoms with E-state index in [4.69, 9.17) is 11.6 Å². The van der Waals surface area contributed by atoms with Crippen molar-refractivity contribution in [1.29, 1.82) is 0 Å². The molecule has 2 heterocycles. The van der Waals surface area contributed by atoms with Crippen molar-refractivity contribution in [2.75, 3.05) is 31.1 Å².